The fourth-order valence-electron chi connectivity index (χ4n) is 1.96. The predicted octanol–water partition coefficient (Wildman–Crippen LogP) is 0.658. The lowest BCUT2D eigenvalue weighted by Crippen LogP contribution is -2.26. The number of nitrogens with one attached hydrogen (secondary N) is 2. The monoisotopic (exact) mass is 354 g/mol. The highest BCUT2D eigenvalue weighted by Gasteiger charge is 2.16. The zero-order valence-corrected chi connectivity index (χ0v) is 13.7. The van der Waals surface area contributed by atoms with Gasteiger partial charge in [0.25, 0.3) is 11.8 Å². The molecule has 2 rings (SSSR count). The maximum absolute atomic E-state index is 11.7. The zero-order valence-electron chi connectivity index (χ0n) is 13.7. The third-order valence-electron chi connectivity index (χ3n) is 3.29. The van der Waals surface area contributed by atoms with Crippen LogP contribution >= 0.6 is 0 Å². The van der Waals surface area contributed by atoms with Crippen molar-refractivity contribution in [3.63, 3.8) is 0 Å². The Hall–Kier alpha value is -3.36. The van der Waals surface area contributed by atoms with E-state index in [4.69, 9.17) is 0 Å². The summed E-state index contributed by atoms with van der Waals surface area (Å²) in [6, 6.07) is 16.8. The minimum absolute atomic E-state index is 0.441. The van der Waals surface area contributed by atoms with Gasteiger partial charge in [0.15, 0.2) is 12.2 Å². The number of aliphatic hydroxyl groups excluding tert-OH is 2. The van der Waals surface area contributed by atoms with Crippen LogP contribution in [0.25, 0.3) is 0 Å². The van der Waals surface area contributed by atoms with Crippen molar-refractivity contribution in [2.45, 2.75) is 12.2 Å². The maximum atomic E-state index is 11.7. The molecular formula is C18H18N4O4. The second-order valence-electron chi connectivity index (χ2n) is 5.13. The van der Waals surface area contributed by atoms with Crippen LogP contribution in [0.4, 0.5) is 0 Å². The lowest BCUT2D eigenvalue weighted by atomic mass is 10.1. The van der Waals surface area contributed by atoms with Crippen LogP contribution in [-0.2, 0) is 9.59 Å². The smallest absolute Gasteiger partial charge is 0.273 e. The van der Waals surface area contributed by atoms with Gasteiger partial charge in [-0.05, 0) is 11.1 Å². The number of hydrazone groups is 2. The van der Waals surface area contributed by atoms with Gasteiger partial charge in [0.1, 0.15) is 0 Å². The number of aliphatic hydroxyl groups is 2. The molecule has 134 valence electrons. The Kier molecular flexibility index (Phi) is 7.17. The van der Waals surface area contributed by atoms with E-state index in [0.29, 0.717) is 11.1 Å². The number of benzene rings is 2. The minimum atomic E-state index is -1.34. The molecule has 2 aromatic carbocycles. The molecule has 0 fully saturated rings. The maximum Gasteiger partial charge on any atom is 0.273 e. The van der Waals surface area contributed by atoms with Gasteiger partial charge in [0.2, 0.25) is 0 Å². The van der Waals surface area contributed by atoms with Gasteiger partial charge in [-0.15, -0.1) is 0 Å². The summed E-state index contributed by atoms with van der Waals surface area (Å²) in [5, 5.41) is 26.8. The molecule has 2 amide bonds. The van der Waals surface area contributed by atoms with Crippen molar-refractivity contribution in [1.82, 2.24) is 10.9 Å². The van der Waals surface area contributed by atoms with Crippen molar-refractivity contribution >= 4 is 24.2 Å². The molecule has 0 saturated carbocycles. The van der Waals surface area contributed by atoms with E-state index in [1.54, 1.807) is 60.7 Å². The fraction of sp³-hybridized carbons (Fsp3) is 0.111. The van der Waals surface area contributed by atoms with Crippen molar-refractivity contribution in [1.29, 1.82) is 0 Å². The Morgan fingerprint density at radius 1 is 0.731 bits per heavy atom. The summed E-state index contributed by atoms with van der Waals surface area (Å²) in [4.78, 5) is 23.4. The first-order valence-corrected chi connectivity index (χ1v) is 7.70. The van der Waals surface area contributed by atoms with Crippen LogP contribution in [0.15, 0.2) is 70.9 Å². The van der Waals surface area contributed by atoms with Gasteiger partial charge < -0.3 is 10.2 Å². The highest BCUT2D eigenvalue weighted by atomic mass is 16.3. The molecule has 4 N–H and O–H groups in total. The summed E-state index contributed by atoms with van der Waals surface area (Å²) in [6.07, 6.45) is -0.452. The molecule has 0 unspecified atom stereocenters. The predicted molar refractivity (Wildman–Crippen MR) is 96.1 cm³/mol. The van der Waals surface area contributed by atoms with Crippen LogP contribution in [0.3, 0.4) is 0 Å². The number of carbonyl (C=O) groups excluding carboxylic acids is 2. The normalized spacial score (nSPS) is 13.5. The number of rotatable bonds is 7. The van der Waals surface area contributed by atoms with Crippen LogP contribution in [0.1, 0.15) is 23.3 Å². The summed E-state index contributed by atoms with van der Waals surface area (Å²) in [5.41, 5.74) is 5.17. The van der Waals surface area contributed by atoms with Gasteiger partial charge in [0.05, 0.1) is 12.4 Å². The Morgan fingerprint density at radius 3 is 1.42 bits per heavy atom. The van der Waals surface area contributed by atoms with Crippen molar-refractivity contribution in [2.24, 2.45) is 10.2 Å². The average Bonchev–Trinajstić information content (AvgIpc) is 2.70. The number of amides is 2. The molecule has 0 bridgehead atoms. The Bertz CT molecular complexity index is 711. The molecule has 0 radical (unpaired) electrons. The molecule has 2 atom stereocenters. The van der Waals surface area contributed by atoms with E-state index in [-0.39, 0.29) is 0 Å². The first kappa shape index (κ1) is 19.0. The number of carbonyl (C=O) groups is 2. The van der Waals surface area contributed by atoms with E-state index in [9.17, 15) is 19.8 Å². The quantitative estimate of drug-likeness (QED) is 0.431. The molecule has 0 spiro atoms. The molecule has 8 heteroatoms. The molecule has 2 aromatic rings. The van der Waals surface area contributed by atoms with Gasteiger partial charge in [-0.3, -0.25) is 9.59 Å². The van der Waals surface area contributed by atoms with Crippen molar-refractivity contribution < 1.29 is 19.8 Å². The fourth-order valence-corrected chi connectivity index (χ4v) is 1.96. The van der Waals surface area contributed by atoms with E-state index in [1.165, 1.54) is 0 Å². The SMILES string of the molecule is O=C(N/N=C\C=N/NC(=O)[C@H](O)c1ccccc1)[C@H](O)c1ccccc1. The largest absolute Gasteiger partial charge is 0.378 e. The molecule has 8 nitrogen and oxygen atoms in total. The van der Waals surface area contributed by atoms with Crippen LogP contribution in [0, 0.1) is 0 Å². The highest BCUT2D eigenvalue weighted by Crippen LogP contribution is 2.12. The minimum Gasteiger partial charge on any atom is -0.378 e. The molecule has 0 aromatic heterocycles. The first-order valence-electron chi connectivity index (χ1n) is 7.70. The summed E-state index contributed by atoms with van der Waals surface area (Å²) < 4.78 is 0. The molecule has 0 aliphatic rings. The van der Waals surface area contributed by atoms with Crippen LogP contribution in [-0.4, -0.2) is 34.5 Å². The number of hydrogen-bond donors (Lipinski definition) is 4. The van der Waals surface area contributed by atoms with Crippen LogP contribution in [0.5, 0.6) is 0 Å². The highest BCUT2D eigenvalue weighted by molar-refractivity contribution is 6.16. The topological polar surface area (TPSA) is 123 Å². The van der Waals surface area contributed by atoms with E-state index in [2.05, 4.69) is 21.1 Å². The zero-order chi connectivity index (χ0) is 18.8. The summed E-state index contributed by atoms with van der Waals surface area (Å²) in [5.74, 6) is -1.41. The standard InChI is InChI=1S/C18H18N4O4/c23-15(13-7-3-1-4-8-13)17(25)21-19-11-12-20-22-18(26)16(24)14-9-5-2-6-10-14/h1-12,15-16,23-24H,(H,21,25)(H,22,26)/b19-11-,20-12-/t15-,16-/m1/s1. The van der Waals surface area contributed by atoms with E-state index < -0.39 is 24.0 Å². The molecule has 26 heavy (non-hydrogen) atoms. The molecule has 0 aliphatic carbocycles. The van der Waals surface area contributed by atoms with Gasteiger partial charge in [-0.1, -0.05) is 60.7 Å². The molecular weight excluding hydrogens is 336 g/mol. The van der Waals surface area contributed by atoms with Gasteiger partial charge in [0, 0.05) is 0 Å². The van der Waals surface area contributed by atoms with Gasteiger partial charge in [-0.25, -0.2) is 10.9 Å². The average molecular weight is 354 g/mol. The van der Waals surface area contributed by atoms with Crippen LogP contribution in [0.2, 0.25) is 0 Å². The summed E-state index contributed by atoms with van der Waals surface area (Å²) in [7, 11) is 0. The third kappa shape index (κ3) is 5.62. The lowest BCUT2D eigenvalue weighted by Gasteiger charge is -2.08. The summed E-state index contributed by atoms with van der Waals surface area (Å²) >= 11 is 0. The summed E-state index contributed by atoms with van der Waals surface area (Å²) in [6.45, 7) is 0. The second kappa shape index (κ2) is 9.82. The Balaban J connectivity index is 1.76. The van der Waals surface area contributed by atoms with E-state index in [0.717, 1.165) is 12.4 Å². The molecule has 0 heterocycles. The van der Waals surface area contributed by atoms with Gasteiger partial charge >= 0.3 is 0 Å². The Morgan fingerprint density at radius 2 is 1.08 bits per heavy atom. The Labute approximate surface area is 149 Å². The second-order valence-corrected chi connectivity index (χ2v) is 5.13. The first-order chi connectivity index (χ1) is 12.6. The van der Waals surface area contributed by atoms with Crippen LogP contribution < -0.4 is 10.9 Å². The van der Waals surface area contributed by atoms with Crippen molar-refractivity contribution in [2.75, 3.05) is 0 Å². The number of hydrogen-bond acceptors (Lipinski definition) is 6. The van der Waals surface area contributed by atoms with Crippen molar-refractivity contribution in [3.8, 4) is 0 Å². The van der Waals surface area contributed by atoms with E-state index >= 15 is 0 Å². The molecule has 0 aliphatic heterocycles. The molecule has 0 saturated heterocycles. The number of nitrogens with zero attached hydrogens (tertiary/aromatic N) is 2. The van der Waals surface area contributed by atoms with Gasteiger partial charge in [-0.2, -0.15) is 10.2 Å². The van der Waals surface area contributed by atoms with E-state index in [1.807, 2.05) is 0 Å². The third-order valence-corrected chi connectivity index (χ3v) is 3.29. The lowest BCUT2D eigenvalue weighted by molar-refractivity contribution is -0.130. The van der Waals surface area contributed by atoms with Crippen molar-refractivity contribution in [3.05, 3.63) is 71.8 Å².